The van der Waals surface area contributed by atoms with Crippen LogP contribution in [0.1, 0.15) is 5.56 Å². The number of hydrogen-bond donors (Lipinski definition) is 2. The molecule has 0 aliphatic heterocycles. The van der Waals surface area contributed by atoms with E-state index in [0.717, 1.165) is 3.57 Å². The molecule has 17 heavy (non-hydrogen) atoms. The first kappa shape index (κ1) is 13.6. The molecule has 0 bridgehead atoms. The number of carbonyl (C=O) groups is 1. The molecule has 0 saturated heterocycles. The van der Waals surface area contributed by atoms with E-state index in [1.807, 2.05) is 22.6 Å². The van der Waals surface area contributed by atoms with E-state index in [0.29, 0.717) is 17.1 Å². The highest BCUT2D eigenvalue weighted by Gasteiger charge is 2.12. The van der Waals surface area contributed by atoms with Crippen LogP contribution in [0.3, 0.4) is 0 Å². The van der Waals surface area contributed by atoms with Crippen molar-refractivity contribution in [2.24, 2.45) is 10.9 Å². The molecule has 3 N–H and O–H groups in total. The third-order valence-electron chi connectivity index (χ3n) is 1.82. The smallest absolute Gasteiger partial charge is 0.255 e. The van der Waals surface area contributed by atoms with Crippen molar-refractivity contribution in [2.75, 3.05) is 13.7 Å². The number of halogens is 1. The largest absolute Gasteiger partial charge is 0.493 e. The van der Waals surface area contributed by atoms with Crippen molar-refractivity contribution in [2.45, 2.75) is 0 Å². The molecule has 1 amide bonds. The number of hydrogen-bond acceptors (Lipinski definition) is 5. The molecular formula is C10H11IN2O4. The van der Waals surface area contributed by atoms with E-state index in [9.17, 15) is 4.79 Å². The Kier molecular flexibility index (Phi) is 5.01. The number of carbonyl (C=O) groups excluding carboxylic acids is 1. The molecule has 1 aromatic carbocycles. The zero-order valence-corrected chi connectivity index (χ0v) is 11.2. The first-order valence-electron chi connectivity index (χ1n) is 4.54. The second-order valence-electron chi connectivity index (χ2n) is 3.03. The van der Waals surface area contributed by atoms with Gasteiger partial charge in [-0.2, -0.15) is 0 Å². The molecule has 0 aliphatic rings. The summed E-state index contributed by atoms with van der Waals surface area (Å²) in [5.41, 5.74) is 5.65. The lowest BCUT2D eigenvalue weighted by Crippen LogP contribution is -2.20. The van der Waals surface area contributed by atoms with E-state index in [1.54, 1.807) is 12.1 Å². The Morgan fingerprint density at radius 2 is 2.35 bits per heavy atom. The van der Waals surface area contributed by atoms with Crippen LogP contribution in [-0.2, 0) is 4.79 Å². The molecule has 92 valence electrons. The molecule has 7 heteroatoms. The first-order valence-corrected chi connectivity index (χ1v) is 5.62. The first-order chi connectivity index (χ1) is 8.08. The topological polar surface area (TPSA) is 94.1 Å². The summed E-state index contributed by atoms with van der Waals surface area (Å²) in [4.78, 5) is 10.7. The molecule has 0 saturated carbocycles. The summed E-state index contributed by atoms with van der Waals surface area (Å²) in [6, 6.07) is 3.34. The molecular weight excluding hydrogens is 339 g/mol. The minimum Gasteiger partial charge on any atom is -0.493 e. The van der Waals surface area contributed by atoms with E-state index in [4.69, 9.17) is 20.4 Å². The highest BCUT2D eigenvalue weighted by Crippen LogP contribution is 2.33. The number of nitrogens with zero attached hydrogens (tertiary/aromatic N) is 1. The average molecular weight is 350 g/mol. The molecule has 6 nitrogen and oxygen atoms in total. The number of benzene rings is 1. The third kappa shape index (κ3) is 3.77. The van der Waals surface area contributed by atoms with Crippen LogP contribution in [-0.4, -0.2) is 31.0 Å². The fraction of sp³-hybridized carbons (Fsp3) is 0.200. The molecule has 0 spiro atoms. The molecule has 0 aliphatic carbocycles. The Morgan fingerprint density at radius 3 is 2.88 bits per heavy atom. The van der Waals surface area contributed by atoms with Crippen molar-refractivity contribution in [3.05, 3.63) is 21.3 Å². The van der Waals surface area contributed by atoms with Crippen molar-refractivity contribution in [1.29, 1.82) is 0 Å². The second-order valence-corrected chi connectivity index (χ2v) is 4.20. The fourth-order valence-corrected chi connectivity index (χ4v) is 1.95. The number of amides is 1. The van der Waals surface area contributed by atoms with E-state index in [2.05, 4.69) is 5.16 Å². The van der Waals surface area contributed by atoms with Crippen LogP contribution in [0.15, 0.2) is 17.3 Å². The normalized spacial score (nSPS) is 10.5. The van der Waals surface area contributed by atoms with Gasteiger partial charge in [0, 0.05) is 5.56 Å². The van der Waals surface area contributed by atoms with Crippen LogP contribution in [0, 0.1) is 3.57 Å². The molecule has 1 rings (SSSR count). The quantitative estimate of drug-likeness (QED) is 0.358. The maximum Gasteiger partial charge on any atom is 0.255 e. The van der Waals surface area contributed by atoms with Gasteiger partial charge >= 0.3 is 0 Å². The number of oxime groups is 1. The number of methoxy groups -OCH3 is 1. The fourth-order valence-electron chi connectivity index (χ4n) is 1.16. The van der Waals surface area contributed by atoms with Gasteiger partial charge in [-0.1, -0.05) is 5.16 Å². The summed E-state index contributed by atoms with van der Waals surface area (Å²) in [7, 11) is 1.47. The standard InChI is InChI=1S/C10H11IN2O4/c1-16-8-3-6(4-13-15)2-7(11)10(8)17-5-9(12)14/h2-4,15H,5H2,1H3,(H2,12,14). The minimum absolute atomic E-state index is 0.222. The number of rotatable bonds is 5. The highest BCUT2D eigenvalue weighted by atomic mass is 127. The van der Waals surface area contributed by atoms with Crippen molar-refractivity contribution in [3.63, 3.8) is 0 Å². The van der Waals surface area contributed by atoms with Crippen LogP contribution in [0.25, 0.3) is 0 Å². The van der Waals surface area contributed by atoms with E-state index >= 15 is 0 Å². The molecule has 0 heterocycles. The summed E-state index contributed by atoms with van der Waals surface area (Å²) >= 11 is 2.02. The van der Waals surface area contributed by atoms with Crippen LogP contribution in [0.5, 0.6) is 11.5 Å². The lowest BCUT2D eigenvalue weighted by atomic mass is 10.2. The van der Waals surface area contributed by atoms with Crippen LogP contribution in [0.2, 0.25) is 0 Å². The van der Waals surface area contributed by atoms with Crippen molar-refractivity contribution in [3.8, 4) is 11.5 Å². The van der Waals surface area contributed by atoms with Gasteiger partial charge in [0.1, 0.15) is 0 Å². The Hall–Kier alpha value is -1.51. The lowest BCUT2D eigenvalue weighted by molar-refractivity contribution is -0.119. The lowest BCUT2D eigenvalue weighted by Gasteiger charge is -2.12. The SMILES string of the molecule is COc1cc(C=NO)cc(I)c1OCC(N)=O. The van der Waals surface area contributed by atoms with Crippen LogP contribution in [0.4, 0.5) is 0 Å². The second kappa shape index (κ2) is 6.28. The Balaban J connectivity index is 3.07. The number of nitrogens with two attached hydrogens (primary N) is 1. The zero-order valence-electron chi connectivity index (χ0n) is 9.01. The number of primary amides is 1. The summed E-state index contributed by atoms with van der Waals surface area (Å²) in [6.07, 6.45) is 1.27. The maximum atomic E-state index is 10.7. The van der Waals surface area contributed by atoms with Crippen molar-refractivity contribution >= 4 is 34.7 Å². The predicted octanol–water partition coefficient (Wildman–Crippen LogP) is 0.972. The highest BCUT2D eigenvalue weighted by molar-refractivity contribution is 14.1. The Morgan fingerprint density at radius 1 is 1.65 bits per heavy atom. The van der Waals surface area contributed by atoms with Gasteiger partial charge in [-0.3, -0.25) is 4.79 Å². The predicted molar refractivity (Wildman–Crippen MR) is 69.8 cm³/mol. The summed E-state index contributed by atoms with van der Waals surface area (Å²) in [6.45, 7) is -0.222. The van der Waals surface area contributed by atoms with Crippen molar-refractivity contribution in [1.82, 2.24) is 0 Å². The average Bonchev–Trinajstić information content (AvgIpc) is 2.27. The summed E-state index contributed by atoms with van der Waals surface area (Å²) in [5.74, 6) is 0.305. The van der Waals surface area contributed by atoms with E-state index in [-0.39, 0.29) is 6.61 Å². The molecule has 0 fully saturated rings. The van der Waals surface area contributed by atoms with Gasteiger partial charge < -0.3 is 20.4 Å². The van der Waals surface area contributed by atoms with E-state index < -0.39 is 5.91 Å². The van der Waals surface area contributed by atoms with E-state index in [1.165, 1.54) is 13.3 Å². The molecule has 0 unspecified atom stereocenters. The van der Waals surface area contributed by atoms with Gasteiger partial charge in [0.15, 0.2) is 18.1 Å². The van der Waals surface area contributed by atoms with Crippen LogP contribution < -0.4 is 15.2 Å². The maximum absolute atomic E-state index is 10.7. The zero-order chi connectivity index (χ0) is 12.8. The van der Waals surface area contributed by atoms with Crippen LogP contribution >= 0.6 is 22.6 Å². The molecule has 0 atom stereocenters. The number of ether oxygens (including phenoxy) is 2. The van der Waals surface area contributed by atoms with Gasteiger partial charge in [0.25, 0.3) is 5.91 Å². The van der Waals surface area contributed by atoms with Crippen molar-refractivity contribution < 1.29 is 19.5 Å². The Bertz CT molecular complexity index is 448. The molecule has 0 aromatic heterocycles. The van der Waals surface area contributed by atoms with Gasteiger partial charge in [-0.15, -0.1) is 0 Å². The Labute approximate surface area is 112 Å². The minimum atomic E-state index is -0.566. The van der Waals surface area contributed by atoms with Gasteiger partial charge in [-0.05, 0) is 34.7 Å². The summed E-state index contributed by atoms with van der Waals surface area (Å²) in [5, 5.41) is 11.4. The monoisotopic (exact) mass is 350 g/mol. The molecule has 0 radical (unpaired) electrons. The summed E-state index contributed by atoms with van der Waals surface area (Å²) < 4.78 is 11.1. The third-order valence-corrected chi connectivity index (χ3v) is 2.62. The van der Waals surface area contributed by atoms with Gasteiger partial charge in [0.2, 0.25) is 0 Å². The van der Waals surface area contributed by atoms with Gasteiger partial charge in [-0.25, -0.2) is 0 Å². The molecule has 1 aromatic rings. The van der Waals surface area contributed by atoms with Gasteiger partial charge in [0.05, 0.1) is 16.9 Å².